The van der Waals surface area contributed by atoms with Gasteiger partial charge in [-0.1, -0.05) is 219 Å². The third kappa shape index (κ3) is 8.32. The molecule has 0 atom stereocenters. The van der Waals surface area contributed by atoms with E-state index in [4.69, 9.17) is 0 Å². The lowest BCUT2D eigenvalue weighted by atomic mass is 9.78. The molecule has 0 unspecified atom stereocenters. The fourth-order valence-corrected chi connectivity index (χ4v) is 9.50. The minimum absolute atomic E-state index is 0.00320. The molecule has 0 saturated heterocycles. The number of hydrogen-bond acceptors (Lipinski definition) is 1. The summed E-state index contributed by atoms with van der Waals surface area (Å²) in [4.78, 5) is 2.52. The first kappa shape index (κ1) is 40.2. The Kier molecular flexibility index (Phi) is 11.0. The minimum Gasteiger partial charge on any atom is -0.309 e. The Morgan fingerprint density at radius 2 is 0.869 bits per heavy atom. The summed E-state index contributed by atoms with van der Waals surface area (Å²) in [6.45, 7) is 14.0. The third-order valence-corrected chi connectivity index (χ3v) is 13.0. The smallest absolute Gasteiger partial charge is 0.0540 e. The molecule has 8 aromatic rings. The van der Waals surface area contributed by atoms with Crippen molar-refractivity contribution in [3.05, 3.63) is 199 Å². The Morgan fingerprint density at radius 1 is 0.393 bits per heavy atom. The largest absolute Gasteiger partial charge is 0.309 e. The highest BCUT2D eigenvalue weighted by Crippen LogP contribution is 2.48. The van der Waals surface area contributed by atoms with Gasteiger partial charge in [-0.3, -0.25) is 0 Å². The third-order valence-electron chi connectivity index (χ3n) is 13.0. The molecule has 9 rings (SSSR count). The van der Waals surface area contributed by atoms with Gasteiger partial charge in [0.05, 0.1) is 11.4 Å². The van der Waals surface area contributed by atoms with Gasteiger partial charge >= 0.3 is 0 Å². The summed E-state index contributed by atoms with van der Waals surface area (Å²) in [6.07, 6.45) is 6.50. The van der Waals surface area contributed by atoms with Crippen molar-refractivity contribution in [3.8, 4) is 44.5 Å². The average Bonchev–Trinajstić information content (AvgIpc) is 3.29. The summed E-state index contributed by atoms with van der Waals surface area (Å²) < 4.78 is 0. The second-order valence-electron chi connectivity index (χ2n) is 19.2. The van der Waals surface area contributed by atoms with Crippen LogP contribution in [0.4, 0.5) is 17.1 Å². The molecule has 304 valence electrons. The molecule has 1 aliphatic carbocycles. The second kappa shape index (κ2) is 16.7. The van der Waals surface area contributed by atoms with E-state index in [9.17, 15) is 0 Å². The molecule has 1 fully saturated rings. The number of hydrogen-bond donors (Lipinski definition) is 0. The first-order valence-electron chi connectivity index (χ1n) is 22.5. The lowest BCUT2D eigenvalue weighted by molar-refractivity contribution is 0.445. The molecular formula is C60H59N. The molecule has 0 radical (unpaired) electrons. The van der Waals surface area contributed by atoms with Crippen molar-refractivity contribution in [1.82, 2.24) is 0 Å². The summed E-state index contributed by atoms with van der Waals surface area (Å²) in [5.74, 6) is 0.587. The molecular weight excluding hydrogens is 735 g/mol. The number of benzene rings is 8. The van der Waals surface area contributed by atoms with Gasteiger partial charge < -0.3 is 4.90 Å². The van der Waals surface area contributed by atoms with Crippen LogP contribution in [-0.4, -0.2) is 0 Å². The zero-order valence-electron chi connectivity index (χ0n) is 36.9. The number of rotatable bonds is 8. The van der Waals surface area contributed by atoms with Crippen molar-refractivity contribution in [3.63, 3.8) is 0 Å². The van der Waals surface area contributed by atoms with Crippen molar-refractivity contribution < 1.29 is 0 Å². The van der Waals surface area contributed by atoms with Gasteiger partial charge in [0.1, 0.15) is 0 Å². The Hall–Kier alpha value is -6.18. The van der Waals surface area contributed by atoms with Crippen molar-refractivity contribution >= 4 is 27.8 Å². The van der Waals surface area contributed by atoms with E-state index in [2.05, 4.69) is 228 Å². The van der Waals surface area contributed by atoms with Crippen molar-refractivity contribution in [1.29, 1.82) is 0 Å². The summed E-state index contributed by atoms with van der Waals surface area (Å²) in [5.41, 5.74) is 17.5. The van der Waals surface area contributed by atoms with Crippen molar-refractivity contribution in [2.45, 2.75) is 90.4 Å². The fourth-order valence-electron chi connectivity index (χ4n) is 9.50. The highest BCUT2D eigenvalue weighted by Gasteiger charge is 2.26. The maximum Gasteiger partial charge on any atom is 0.0540 e. The summed E-state index contributed by atoms with van der Waals surface area (Å²) in [7, 11) is 0. The average molecular weight is 794 g/mol. The highest BCUT2D eigenvalue weighted by atomic mass is 15.1. The Labute approximate surface area is 364 Å². The van der Waals surface area contributed by atoms with Gasteiger partial charge in [-0.2, -0.15) is 0 Å². The zero-order valence-corrected chi connectivity index (χ0v) is 36.9. The Morgan fingerprint density at radius 3 is 1.46 bits per heavy atom. The van der Waals surface area contributed by atoms with E-state index < -0.39 is 0 Å². The Balaban J connectivity index is 1.24. The maximum atomic E-state index is 2.52. The quantitative estimate of drug-likeness (QED) is 0.148. The van der Waals surface area contributed by atoms with Gasteiger partial charge in [0.25, 0.3) is 0 Å². The van der Waals surface area contributed by atoms with Gasteiger partial charge in [-0.15, -0.1) is 0 Å². The van der Waals surface area contributed by atoms with Gasteiger partial charge in [-0.05, 0) is 115 Å². The Bertz CT molecular complexity index is 2730. The van der Waals surface area contributed by atoms with E-state index in [0.717, 1.165) is 11.4 Å². The maximum absolute atomic E-state index is 2.52. The van der Waals surface area contributed by atoms with Crippen molar-refractivity contribution in [2.75, 3.05) is 4.90 Å². The molecule has 0 aromatic heterocycles. The topological polar surface area (TPSA) is 3.24 Å². The lowest BCUT2D eigenvalue weighted by Crippen LogP contribution is -2.17. The first-order valence-corrected chi connectivity index (χ1v) is 22.5. The van der Waals surface area contributed by atoms with Crippen LogP contribution < -0.4 is 4.90 Å². The number of anilines is 3. The number of para-hydroxylation sites is 2. The lowest BCUT2D eigenvalue weighted by Gasteiger charge is -2.31. The normalized spacial score (nSPS) is 13.7. The molecule has 1 nitrogen and oxygen atoms in total. The van der Waals surface area contributed by atoms with E-state index in [1.165, 1.54) is 110 Å². The van der Waals surface area contributed by atoms with Crippen LogP contribution in [0.5, 0.6) is 0 Å². The molecule has 0 spiro atoms. The van der Waals surface area contributed by atoms with Crippen LogP contribution in [0, 0.1) is 0 Å². The second-order valence-corrected chi connectivity index (χ2v) is 19.2. The first-order chi connectivity index (χ1) is 29.5. The fraction of sp³-hybridized carbons (Fsp3) is 0.233. The molecule has 0 N–H and O–H groups in total. The molecule has 8 aromatic carbocycles. The van der Waals surface area contributed by atoms with Crippen LogP contribution in [0.25, 0.3) is 55.3 Å². The van der Waals surface area contributed by atoms with Crippen LogP contribution in [0.3, 0.4) is 0 Å². The van der Waals surface area contributed by atoms with E-state index in [-0.39, 0.29) is 10.8 Å². The highest BCUT2D eigenvalue weighted by molar-refractivity contribution is 6.04. The van der Waals surface area contributed by atoms with E-state index >= 15 is 0 Å². The van der Waals surface area contributed by atoms with E-state index in [1.54, 1.807) is 0 Å². The van der Waals surface area contributed by atoms with E-state index in [0.29, 0.717) is 5.92 Å². The molecule has 0 bridgehead atoms. The minimum atomic E-state index is -0.00320. The molecule has 0 heterocycles. The predicted molar refractivity (Wildman–Crippen MR) is 264 cm³/mol. The monoisotopic (exact) mass is 793 g/mol. The van der Waals surface area contributed by atoms with E-state index in [1.807, 2.05) is 0 Å². The SMILES string of the molecule is CC(C)(C)c1cc(-c2ccccc2N(c2ccc(-c3ccc(-c4ccccc4)cc3)cc2)c2ccccc2-c2cccc3cccc(C4CCCCC4)c23)cc(C(C)(C)C)c1. The van der Waals surface area contributed by atoms with Crippen LogP contribution in [0.2, 0.25) is 0 Å². The van der Waals surface area contributed by atoms with Crippen LogP contribution >= 0.6 is 0 Å². The van der Waals surface area contributed by atoms with Gasteiger partial charge in [0.15, 0.2) is 0 Å². The van der Waals surface area contributed by atoms with Crippen LogP contribution in [0.15, 0.2) is 182 Å². The predicted octanol–water partition coefficient (Wildman–Crippen LogP) is 17.6. The zero-order chi connectivity index (χ0) is 42.1. The molecule has 61 heavy (non-hydrogen) atoms. The van der Waals surface area contributed by atoms with Crippen LogP contribution in [-0.2, 0) is 10.8 Å². The molecule has 0 aliphatic heterocycles. The number of nitrogens with zero attached hydrogens (tertiary/aromatic N) is 1. The molecule has 1 aliphatic rings. The standard InChI is InChI=1S/C60H59N/c1-59(2,3)49-39-48(40-50(41-49)60(4,5)6)52-25-13-15-29-56(52)61(51-37-35-45(36-38-51)44-33-31-43(32-34-44)42-19-9-7-10-20-42)57-30-16-14-26-54(57)55-28-18-24-47-23-17-27-53(58(47)55)46-21-11-8-12-22-46/h7,9-10,13-20,23-41,46H,8,11-12,21-22H2,1-6H3. The van der Waals surface area contributed by atoms with Gasteiger partial charge in [-0.25, -0.2) is 0 Å². The molecule has 1 saturated carbocycles. The summed E-state index contributed by atoms with van der Waals surface area (Å²) in [5, 5.41) is 2.72. The van der Waals surface area contributed by atoms with Crippen molar-refractivity contribution in [2.24, 2.45) is 0 Å². The number of fused-ring (bicyclic) bond motifs is 1. The van der Waals surface area contributed by atoms with Crippen LogP contribution in [0.1, 0.15) is 96.3 Å². The molecule has 0 amide bonds. The van der Waals surface area contributed by atoms with Gasteiger partial charge in [0.2, 0.25) is 0 Å². The van der Waals surface area contributed by atoms with Gasteiger partial charge in [0, 0.05) is 16.8 Å². The summed E-state index contributed by atoms with van der Waals surface area (Å²) >= 11 is 0. The summed E-state index contributed by atoms with van der Waals surface area (Å²) in [6, 6.07) is 68.2. The molecule has 1 heteroatoms.